The first-order chi connectivity index (χ1) is 21.7. The smallest absolute Gasteiger partial charge is 0.126 e. The minimum atomic E-state index is 0.634. The van der Waals surface area contributed by atoms with Crippen molar-refractivity contribution in [2.75, 3.05) is 27.4 Å². The molecule has 8 bridgehead atoms. The van der Waals surface area contributed by atoms with Crippen molar-refractivity contribution in [3.63, 3.8) is 0 Å². The Kier molecular flexibility index (Phi) is 10.8. The minimum Gasteiger partial charge on any atom is -0.496 e. The van der Waals surface area contributed by atoms with Crippen LogP contribution in [0.3, 0.4) is 0 Å². The first-order valence-electron chi connectivity index (χ1n) is 15.6. The van der Waals surface area contributed by atoms with Crippen LogP contribution in [0, 0.1) is 0 Å². The second kappa shape index (κ2) is 15.3. The van der Waals surface area contributed by atoms with Gasteiger partial charge in [-0.2, -0.15) is 0 Å². The molecule has 0 fully saturated rings. The molecule has 0 saturated carbocycles. The Labute approximate surface area is 263 Å². The summed E-state index contributed by atoms with van der Waals surface area (Å²) in [6.07, 6.45) is 10.4. The number of para-hydroxylation sites is 4. The number of unbranched alkanes of at least 4 members (excludes halogenated alkanes) is 2. The van der Waals surface area contributed by atoms with Gasteiger partial charge in [-0.25, -0.2) is 0 Å². The van der Waals surface area contributed by atoms with E-state index in [1.807, 2.05) is 12.2 Å². The summed E-state index contributed by atoms with van der Waals surface area (Å²) in [5.41, 5.74) is 9.12. The molecule has 0 aromatic heterocycles. The van der Waals surface area contributed by atoms with E-state index in [2.05, 4.69) is 86.0 Å². The van der Waals surface area contributed by atoms with Crippen LogP contribution in [0.15, 0.2) is 98.1 Å². The monoisotopic (exact) mass is 588 g/mol. The zero-order valence-corrected chi connectivity index (χ0v) is 26.2. The van der Waals surface area contributed by atoms with Crippen molar-refractivity contribution in [1.82, 2.24) is 0 Å². The fourth-order valence-electron chi connectivity index (χ4n) is 6.19. The zero-order chi connectivity index (χ0) is 30.7. The topological polar surface area (TPSA) is 36.9 Å². The van der Waals surface area contributed by atoms with Crippen LogP contribution in [-0.4, -0.2) is 27.4 Å². The molecule has 4 aromatic carbocycles. The molecule has 4 aromatic rings. The molecule has 0 atom stereocenters. The fraction of sp³-hybridized carbons (Fsp3) is 0.300. The molecule has 44 heavy (non-hydrogen) atoms. The summed E-state index contributed by atoms with van der Waals surface area (Å²) in [6, 6.07) is 25.9. The van der Waals surface area contributed by atoms with Crippen LogP contribution in [-0.2, 0) is 25.7 Å². The average Bonchev–Trinajstić information content (AvgIpc) is 3.03. The SMILES string of the molecule is C=CCCCOc1c2cccc1Cc1cccc(c1OC)Cc1cccc(c1OCCCC=C)Cc1cccc(c1OC)C2. The lowest BCUT2D eigenvalue weighted by atomic mass is 9.91. The Balaban J connectivity index is 1.67. The molecule has 228 valence electrons. The maximum Gasteiger partial charge on any atom is 0.126 e. The van der Waals surface area contributed by atoms with Crippen molar-refractivity contribution in [2.24, 2.45) is 0 Å². The Hall–Kier alpha value is -4.44. The number of hydrogen-bond donors (Lipinski definition) is 0. The third-order valence-corrected chi connectivity index (χ3v) is 8.24. The quantitative estimate of drug-likeness (QED) is 0.108. The van der Waals surface area contributed by atoms with Crippen molar-refractivity contribution in [2.45, 2.75) is 51.4 Å². The van der Waals surface area contributed by atoms with Gasteiger partial charge in [-0.3, -0.25) is 0 Å². The van der Waals surface area contributed by atoms with Crippen LogP contribution < -0.4 is 18.9 Å². The Morgan fingerprint density at radius 2 is 0.750 bits per heavy atom. The highest BCUT2D eigenvalue weighted by molar-refractivity contribution is 5.55. The van der Waals surface area contributed by atoms with Gasteiger partial charge in [-0.1, -0.05) is 84.9 Å². The van der Waals surface area contributed by atoms with Crippen LogP contribution in [0.5, 0.6) is 23.0 Å². The van der Waals surface area contributed by atoms with Gasteiger partial charge in [0.2, 0.25) is 0 Å². The van der Waals surface area contributed by atoms with Crippen LogP contribution in [0.2, 0.25) is 0 Å². The molecule has 0 spiro atoms. The minimum absolute atomic E-state index is 0.634. The molecule has 0 N–H and O–H groups in total. The van der Waals surface area contributed by atoms with Crippen LogP contribution in [0.1, 0.15) is 70.2 Å². The molecule has 5 rings (SSSR count). The third-order valence-electron chi connectivity index (χ3n) is 8.24. The highest BCUT2D eigenvalue weighted by atomic mass is 16.5. The van der Waals surface area contributed by atoms with Crippen molar-refractivity contribution in [3.8, 4) is 23.0 Å². The average molecular weight is 589 g/mol. The summed E-state index contributed by atoms with van der Waals surface area (Å²) in [6.45, 7) is 9.02. The standard InChI is InChI=1S/C40H44O4/c1-5-7-9-23-43-39-33-19-13-20-34(39)26-30-16-12-18-32(38(30)42-4)28-36-22-14-21-35(40(36)44-24-10-8-6-2)27-31-17-11-15-29(25-33)37(31)41-3/h5-6,11-22H,1-2,7-10,23-28H2,3-4H3. The highest BCUT2D eigenvalue weighted by Gasteiger charge is 2.21. The summed E-state index contributed by atoms with van der Waals surface area (Å²) in [5.74, 6) is 3.73. The van der Waals surface area contributed by atoms with Gasteiger partial charge in [-0.15, -0.1) is 13.2 Å². The van der Waals surface area contributed by atoms with Crippen molar-refractivity contribution >= 4 is 0 Å². The lowest BCUT2D eigenvalue weighted by molar-refractivity contribution is 0.306. The predicted octanol–water partition coefficient (Wildman–Crippen LogP) is 9.07. The molecule has 4 nitrogen and oxygen atoms in total. The van der Waals surface area contributed by atoms with E-state index in [1.54, 1.807) is 14.2 Å². The maximum atomic E-state index is 6.56. The molecule has 1 aliphatic rings. The van der Waals surface area contributed by atoms with Gasteiger partial charge in [0.15, 0.2) is 0 Å². The number of ether oxygens (including phenoxy) is 4. The van der Waals surface area contributed by atoms with Gasteiger partial charge < -0.3 is 18.9 Å². The first kappa shape index (κ1) is 31.0. The summed E-state index contributed by atoms with van der Waals surface area (Å²) in [5, 5.41) is 0. The number of allylic oxidation sites excluding steroid dienone is 2. The number of benzene rings is 4. The molecule has 0 radical (unpaired) electrons. The van der Waals surface area contributed by atoms with E-state index < -0.39 is 0 Å². The van der Waals surface area contributed by atoms with E-state index in [1.165, 1.54) is 0 Å². The lowest BCUT2D eigenvalue weighted by Crippen LogP contribution is -2.08. The van der Waals surface area contributed by atoms with Crippen molar-refractivity contribution in [1.29, 1.82) is 0 Å². The summed E-state index contributed by atoms with van der Waals surface area (Å²) in [4.78, 5) is 0. The molecular weight excluding hydrogens is 544 g/mol. The van der Waals surface area contributed by atoms with Crippen LogP contribution >= 0.6 is 0 Å². The number of rotatable bonds is 12. The number of methoxy groups -OCH3 is 2. The van der Waals surface area contributed by atoms with Crippen molar-refractivity contribution in [3.05, 3.63) is 143 Å². The molecule has 4 heteroatoms. The largest absolute Gasteiger partial charge is 0.496 e. The van der Waals surface area contributed by atoms with Gasteiger partial charge in [0, 0.05) is 25.7 Å². The van der Waals surface area contributed by atoms with E-state index in [9.17, 15) is 0 Å². The molecule has 0 amide bonds. The second-order valence-electron chi connectivity index (χ2n) is 11.3. The first-order valence-corrected chi connectivity index (χ1v) is 15.6. The molecule has 0 aliphatic heterocycles. The van der Waals surface area contributed by atoms with Gasteiger partial charge in [0.25, 0.3) is 0 Å². The third kappa shape index (κ3) is 7.19. The summed E-state index contributed by atoms with van der Waals surface area (Å²) >= 11 is 0. The van der Waals surface area contributed by atoms with Gasteiger partial charge in [0.05, 0.1) is 27.4 Å². The lowest BCUT2D eigenvalue weighted by Gasteiger charge is -2.22. The molecule has 0 saturated heterocycles. The Bertz CT molecular complexity index is 1380. The maximum absolute atomic E-state index is 6.56. The van der Waals surface area contributed by atoms with Gasteiger partial charge >= 0.3 is 0 Å². The van der Waals surface area contributed by atoms with E-state index >= 15 is 0 Å². The van der Waals surface area contributed by atoms with E-state index in [0.717, 1.165) is 93.2 Å². The molecule has 0 heterocycles. The van der Waals surface area contributed by atoms with Gasteiger partial charge in [0.1, 0.15) is 23.0 Å². The summed E-state index contributed by atoms with van der Waals surface area (Å²) < 4.78 is 25.3. The second-order valence-corrected chi connectivity index (χ2v) is 11.3. The zero-order valence-electron chi connectivity index (χ0n) is 26.2. The van der Waals surface area contributed by atoms with Gasteiger partial charge in [-0.05, 0) is 70.2 Å². The van der Waals surface area contributed by atoms with E-state index in [-0.39, 0.29) is 0 Å². The number of fused-ring (bicyclic) bond motifs is 8. The Morgan fingerprint density at radius 3 is 1.00 bits per heavy atom. The molecular formula is C40H44O4. The summed E-state index contributed by atoms with van der Waals surface area (Å²) in [7, 11) is 3.54. The molecule has 0 unspecified atom stereocenters. The van der Waals surface area contributed by atoms with E-state index in [0.29, 0.717) is 38.9 Å². The molecule has 1 aliphatic carbocycles. The predicted molar refractivity (Wildman–Crippen MR) is 180 cm³/mol. The van der Waals surface area contributed by atoms with Crippen LogP contribution in [0.25, 0.3) is 0 Å². The van der Waals surface area contributed by atoms with Crippen molar-refractivity contribution < 1.29 is 18.9 Å². The van der Waals surface area contributed by atoms with E-state index in [4.69, 9.17) is 18.9 Å². The highest BCUT2D eigenvalue weighted by Crippen LogP contribution is 2.38. The normalized spacial score (nSPS) is 12.2. The Morgan fingerprint density at radius 1 is 0.477 bits per heavy atom. The number of hydrogen-bond acceptors (Lipinski definition) is 4. The van der Waals surface area contributed by atoms with Crippen LogP contribution in [0.4, 0.5) is 0 Å². The fourth-order valence-corrected chi connectivity index (χ4v) is 6.19.